The fourth-order valence-electron chi connectivity index (χ4n) is 2.38. The highest BCUT2D eigenvalue weighted by Gasteiger charge is 2.14. The molecule has 1 fully saturated rings. The molecule has 1 rings (SSSR count). The van der Waals surface area contributed by atoms with E-state index in [1.165, 1.54) is 38.5 Å². The van der Waals surface area contributed by atoms with E-state index in [9.17, 15) is 4.79 Å². The molecule has 1 amide bonds. The van der Waals surface area contributed by atoms with Gasteiger partial charge in [0, 0.05) is 19.6 Å². The van der Waals surface area contributed by atoms with Gasteiger partial charge in [-0.1, -0.05) is 39.0 Å². The third kappa shape index (κ3) is 7.70. The summed E-state index contributed by atoms with van der Waals surface area (Å²) in [7, 11) is 0. The first-order chi connectivity index (χ1) is 8.83. The van der Waals surface area contributed by atoms with E-state index in [1.807, 2.05) is 0 Å². The Morgan fingerprint density at radius 1 is 1.22 bits per heavy atom. The van der Waals surface area contributed by atoms with Crippen molar-refractivity contribution in [3.8, 4) is 0 Å². The first-order valence-electron chi connectivity index (χ1n) is 7.67. The van der Waals surface area contributed by atoms with Crippen molar-refractivity contribution in [3.63, 3.8) is 0 Å². The summed E-state index contributed by atoms with van der Waals surface area (Å²) in [5.41, 5.74) is 0. The zero-order chi connectivity index (χ0) is 13.1. The predicted octanol–water partition coefficient (Wildman–Crippen LogP) is 3.28. The molecule has 1 aliphatic rings. The van der Waals surface area contributed by atoms with E-state index in [1.54, 1.807) is 0 Å². The van der Waals surface area contributed by atoms with Crippen molar-refractivity contribution < 1.29 is 9.53 Å². The van der Waals surface area contributed by atoms with Crippen LogP contribution in [0.3, 0.4) is 0 Å². The fraction of sp³-hybridized carbons (Fsp3) is 0.933. The lowest BCUT2D eigenvalue weighted by atomic mass is 10.0. The van der Waals surface area contributed by atoms with Gasteiger partial charge in [-0.25, -0.2) is 0 Å². The maximum Gasteiger partial charge on any atom is 0.220 e. The van der Waals surface area contributed by atoms with Crippen LogP contribution in [0.15, 0.2) is 0 Å². The smallest absolute Gasteiger partial charge is 0.220 e. The number of amides is 1. The normalized spacial score (nSPS) is 19.7. The van der Waals surface area contributed by atoms with Gasteiger partial charge in [0.05, 0.1) is 6.61 Å². The second-order valence-electron chi connectivity index (χ2n) is 5.41. The van der Waals surface area contributed by atoms with E-state index in [-0.39, 0.29) is 5.91 Å². The van der Waals surface area contributed by atoms with Gasteiger partial charge in [-0.15, -0.1) is 0 Å². The lowest BCUT2D eigenvalue weighted by Gasteiger charge is -2.22. The Bertz CT molecular complexity index is 213. The molecule has 3 nitrogen and oxygen atoms in total. The first kappa shape index (κ1) is 15.5. The van der Waals surface area contributed by atoms with Crippen molar-refractivity contribution in [3.05, 3.63) is 0 Å². The number of unbranched alkanes of at least 4 members (excludes halogenated alkanes) is 5. The van der Waals surface area contributed by atoms with Crippen LogP contribution in [0.2, 0.25) is 0 Å². The van der Waals surface area contributed by atoms with E-state index < -0.39 is 0 Å². The summed E-state index contributed by atoms with van der Waals surface area (Å²) in [6.45, 7) is 4.73. The van der Waals surface area contributed by atoms with E-state index in [2.05, 4.69) is 12.2 Å². The van der Waals surface area contributed by atoms with Crippen molar-refractivity contribution in [2.24, 2.45) is 5.92 Å². The monoisotopic (exact) mass is 255 g/mol. The molecule has 0 saturated carbocycles. The molecule has 18 heavy (non-hydrogen) atoms. The molecule has 1 N–H and O–H groups in total. The van der Waals surface area contributed by atoms with Crippen LogP contribution >= 0.6 is 0 Å². The van der Waals surface area contributed by atoms with Crippen LogP contribution in [0, 0.1) is 5.92 Å². The summed E-state index contributed by atoms with van der Waals surface area (Å²) >= 11 is 0. The molecule has 1 atom stereocenters. The SMILES string of the molecule is CCCCCCCCC(=O)NC[C@H]1CCCOC1. The first-order valence-corrected chi connectivity index (χ1v) is 7.67. The molecule has 0 aromatic heterocycles. The minimum Gasteiger partial charge on any atom is -0.381 e. The predicted molar refractivity (Wildman–Crippen MR) is 74.5 cm³/mol. The average Bonchev–Trinajstić information content (AvgIpc) is 2.41. The van der Waals surface area contributed by atoms with E-state index in [0.717, 1.165) is 32.6 Å². The summed E-state index contributed by atoms with van der Waals surface area (Å²) < 4.78 is 5.40. The Hall–Kier alpha value is -0.570. The average molecular weight is 255 g/mol. The number of hydrogen-bond donors (Lipinski definition) is 1. The molecule has 0 aromatic rings. The van der Waals surface area contributed by atoms with Crippen molar-refractivity contribution in [1.29, 1.82) is 0 Å². The van der Waals surface area contributed by atoms with Crippen LogP contribution in [0.25, 0.3) is 0 Å². The highest BCUT2D eigenvalue weighted by molar-refractivity contribution is 5.75. The Morgan fingerprint density at radius 3 is 2.72 bits per heavy atom. The minimum absolute atomic E-state index is 0.219. The maximum atomic E-state index is 11.6. The number of carbonyl (C=O) groups excluding carboxylic acids is 1. The van der Waals surface area contributed by atoms with Crippen LogP contribution in [0.4, 0.5) is 0 Å². The van der Waals surface area contributed by atoms with Gasteiger partial charge in [0.1, 0.15) is 0 Å². The van der Waals surface area contributed by atoms with Gasteiger partial charge in [0.2, 0.25) is 5.91 Å². The highest BCUT2D eigenvalue weighted by Crippen LogP contribution is 2.12. The second kappa shape index (κ2) is 10.4. The van der Waals surface area contributed by atoms with E-state index in [0.29, 0.717) is 12.3 Å². The van der Waals surface area contributed by atoms with E-state index in [4.69, 9.17) is 4.74 Å². The Kier molecular flexibility index (Phi) is 8.92. The van der Waals surface area contributed by atoms with Crippen molar-refractivity contribution in [2.45, 2.75) is 64.7 Å². The van der Waals surface area contributed by atoms with Crippen LogP contribution in [-0.2, 0) is 9.53 Å². The quantitative estimate of drug-likeness (QED) is 0.642. The zero-order valence-electron chi connectivity index (χ0n) is 11.9. The number of hydrogen-bond acceptors (Lipinski definition) is 2. The number of nitrogens with one attached hydrogen (secondary N) is 1. The number of rotatable bonds is 9. The number of carbonyl (C=O) groups is 1. The summed E-state index contributed by atoms with van der Waals surface area (Å²) in [4.78, 5) is 11.6. The van der Waals surface area contributed by atoms with Gasteiger partial charge in [-0.2, -0.15) is 0 Å². The van der Waals surface area contributed by atoms with Crippen LogP contribution < -0.4 is 5.32 Å². The van der Waals surface area contributed by atoms with Gasteiger partial charge in [0.15, 0.2) is 0 Å². The van der Waals surface area contributed by atoms with Crippen molar-refractivity contribution in [2.75, 3.05) is 19.8 Å². The topological polar surface area (TPSA) is 38.3 Å². The van der Waals surface area contributed by atoms with Gasteiger partial charge in [-0.05, 0) is 25.2 Å². The van der Waals surface area contributed by atoms with E-state index >= 15 is 0 Å². The summed E-state index contributed by atoms with van der Waals surface area (Å²) in [6.07, 6.45) is 10.5. The van der Waals surface area contributed by atoms with Crippen molar-refractivity contribution >= 4 is 5.91 Å². The lowest BCUT2D eigenvalue weighted by molar-refractivity contribution is -0.121. The standard InChI is InChI=1S/C15H29NO2/c1-2-3-4-5-6-7-10-15(17)16-12-14-9-8-11-18-13-14/h14H,2-13H2,1H3,(H,16,17)/t14-/m1/s1. The molecule has 0 spiro atoms. The highest BCUT2D eigenvalue weighted by atomic mass is 16.5. The van der Waals surface area contributed by atoms with Gasteiger partial charge in [-0.3, -0.25) is 4.79 Å². The fourth-order valence-corrected chi connectivity index (χ4v) is 2.38. The third-order valence-corrected chi connectivity index (χ3v) is 3.60. The Morgan fingerprint density at radius 2 is 2.00 bits per heavy atom. The molecule has 0 radical (unpaired) electrons. The van der Waals surface area contributed by atoms with Gasteiger partial charge >= 0.3 is 0 Å². The molecule has 0 unspecified atom stereocenters. The van der Waals surface area contributed by atoms with Gasteiger partial charge in [0.25, 0.3) is 0 Å². The van der Waals surface area contributed by atoms with Crippen LogP contribution in [0.1, 0.15) is 64.7 Å². The molecule has 1 heterocycles. The molecule has 1 saturated heterocycles. The van der Waals surface area contributed by atoms with Crippen LogP contribution in [0.5, 0.6) is 0 Å². The molecule has 106 valence electrons. The Balaban J connectivity index is 1.90. The molecular weight excluding hydrogens is 226 g/mol. The molecule has 0 bridgehead atoms. The van der Waals surface area contributed by atoms with Crippen LogP contribution in [-0.4, -0.2) is 25.7 Å². The Labute approximate surface area is 112 Å². The molecule has 0 aromatic carbocycles. The molecule has 3 heteroatoms. The largest absolute Gasteiger partial charge is 0.381 e. The van der Waals surface area contributed by atoms with Crippen molar-refractivity contribution in [1.82, 2.24) is 5.32 Å². The zero-order valence-corrected chi connectivity index (χ0v) is 11.9. The van der Waals surface area contributed by atoms with Gasteiger partial charge < -0.3 is 10.1 Å². The molecule has 1 aliphatic heterocycles. The summed E-state index contributed by atoms with van der Waals surface area (Å²) in [5.74, 6) is 0.753. The number of ether oxygens (including phenoxy) is 1. The third-order valence-electron chi connectivity index (χ3n) is 3.60. The second-order valence-corrected chi connectivity index (χ2v) is 5.41. The minimum atomic E-state index is 0.219. The lowest BCUT2D eigenvalue weighted by Crippen LogP contribution is -2.33. The summed E-state index contributed by atoms with van der Waals surface area (Å²) in [6, 6.07) is 0. The molecular formula is C15H29NO2. The summed E-state index contributed by atoms with van der Waals surface area (Å²) in [5, 5.41) is 3.04. The maximum absolute atomic E-state index is 11.6. The molecule has 0 aliphatic carbocycles.